The molecule has 184 valence electrons. The van der Waals surface area contributed by atoms with Gasteiger partial charge in [0.2, 0.25) is 5.91 Å². The molecular weight excluding hydrogens is 468 g/mol. The van der Waals surface area contributed by atoms with Crippen molar-refractivity contribution >= 4 is 21.6 Å². The number of amides is 1. The number of aryl methyl sites for hydroxylation is 2. The van der Waals surface area contributed by atoms with Gasteiger partial charge < -0.3 is 4.90 Å². The number of carbonyl (C=O) groups is 1. The Balaban J connectivity index is 1.72. The minimum Gasteiger partial charge on any atom is -0.332 e. The first-order chi connectivity index (χ1) is 17.3. The Kier molecular flexibility index (Phi) is 7.86. The van der Waals surface area contributed by atoms with Gasteiger partial charge in [-0.15, -0.1) is 0 Å². The van der Waals surface area contributed by atoms with Crippen LogP contribution in [0.2, 0.25) is 0 Å². The summed E-state index contributed by atoms with van der Waals surface area (Å²) in [5, 5.41) is 0. The van der Waals surface area contributed by atoms with Crippen LogP contribution < -0.4 is 4.31 Å². The first-order valence-electron chi connectivity index (χ1n) is 11.9. The van der Waals surface area contributed by atoms with Gasteiger partial charge in [-0.05, 0) is 48.7 Å². The number of anilines is 1. The third-order valence-electron chi connectivity index (χ3n) is 6.02. The van der Waals surface area contributed by atoms with E-state index in [0.29, 0.717) is 18.8 Å². The SMILES string of the molecule is Cc1ccc(N(CC(=O)N(Cc2ccccc2)Cc2ccccc2)S(=O)(=O)c2ccccc2)c(C)c1. The number of rotatable bonds is 9. The van der Waals surface area contributed by atoms with Crippen molar-refractivity contribution in [2.45, 2.75) is 31.8 Å². The van der Waals surface area contributed by atoms with Crippen LogP contribution in [0.25, 0.3) is 0 Å². The highest BCUT2D eigenvalue weighted by Gasteiger charge is 2.30. The lowest BCUT2D eigenvalue weighted by molar-refractivity contribution is -0.130. The maximum absolute atomic E-state index is 13.8. The second-order valence-electron chi connectivity index (χ2n) is 8.84. The predicted octanol–water partition coefficient (Wildman–Crippen LogP) is 5.73. The van der Waals surface area contributed by atoms with Gasteiger partial charge in [-0.2, -0.15) is 0 Å². The van der Waals surface area contributed by atoms with Crippen LogP contribution in [0.5, 0.6) is 0 Å². The summed E-state index contributed by atoms with van der Waals surface area (Å²) in [7, 11) is -3.98. The van der Waals surface area contributed by atoms with Crippen LogP contribution in [-0.2, 0) is 27.9 Å². The molecule has 0 N–H and O–H groups in total. The summed E-state index contributed by atoms with van der Waals surface area (Å²) in [5.74, 6) is -0.276. The van der Waals surface area contributed by atoms with Crippen LogP contribution in [-0.4, -0.2) is 25.8 Å². The summed E-state index contributed by atoms with van der Waals surface area (Å²) in [6.07, 6.45) is 0. The Morgan fingerprint density at radius 3 is 1.69 bits per heavy atom. The lowest BCUT2D eigenvalue weighted by atomic mass is 10.1. The van der Waals surface area contributed by atoms with Crippen molar-refractivity contribution in [1.82, 2.24) is 4.90 Å². The van der Waals surface area contributed by atoms with E-state index in [2.05, 4.69) is 0 Å². The van der Waals surface area contributed by atoms with Gasteiger partial charge in [-0.1, -0.05) is 96.6 Å². The Labute approximate surface area is 213 Å². The lowest BCUT2D eigenvalue weighted by Crippen LogP contribution is -2.43. The van der Waals surface area contributed by atoms with E-state index in [0.717, 1.165) is 22.3 Å². The molecule has 0 aliphatic heterocycles. The minimum atomic E-state index is -3.98. The second kappa shape index (κ2) is 11.2. The molecule has 0 fully saturated rings. The summed E-state index contributed by atoms with van der Waals surface area (Å²) in [4.78, 5) is 15.7. The molecule has 0 spiro atoms. The molecule has 0 radical (unpaired) electrons. The van der Waals surface area contributed by atoms with E-state index in [-0.39, 0.29) is 17.3 Å². The van der Waals surface area contributed by atoms with Crippen LogP contribution in [0, 0.1) is 13.8 Å². The Morgan fingerprint density at radius 2 is 1.19 bits per heavy atom. The fourth-order valence-corrected chi connectivity index (χ4v) is 5.67. The molecule has 0 unspecified atom stereocenters. The molecule has 4 aromatic rings. The molecule has 4 rings (SSSR count). The van der Waals surface area contributed by atoms with Gasteiger partial charge in [0, 0.05) is 13.1 Å². The average Bonchev–Trinajstić information content (AvgIpc) is 2.89. The summed E-state index contributed by atoms with van der Waals surface area (Å²) < 4.78 is 28.8. The van der Waals surface area contributed by atoms with Crippen LogP contribution >= 0.6 is 0 Å². The smallest absolute Gasteiger partial charge is 0.264 e. The number of hydrogen-bond acceptors (Lipinski definition) is 3. The van der Waals surface area contributed by atoms with Gasteiger partial charge in [-0.3, -0.25) is 9.10 Å². The summed E-state index contributed by atoms with van der Waals surface area (Å²) in [6.45, 7) is 4.27. The van der Waals surface area contributed by atoms with E-state index in [9.17, 15) is 13.2 Å². The molecule has 0 heterocycles. The van der Waals surface area contributed by atoms with E-state index in [4.69, 9.17) is 0 Å². The van der Waals surface area contributed by atoms with Crippen molar-refractivity contribution in [3.63, 3.8) is 0 Å². The van der Waals surface area contributed by atoms with Crippen molar-refractivity contribution in [1.29, 1.82) is 0 Å². The standard InChI is InChI=1S/C30H30N2O3S/c1-24-18-19-29(25(2)20-24)32(36(34,35)28-16-10-5-11-17-28)23-30(33)31(21-26-12-6-3-7-13-26)22-27-14-8-4-9-15-27/h3-20H,21-23H2,1-2H3. The number of sulfonamides is 1. The maximum atomic E-state index is 13.8. The van der Waals surface area contributed by atoms with Gasteiger partial charge in [0.15, 0.2) is 0 Å². The lowest BCUT2D eigenvalue weighted by Gasteiger charge is -2.30. The van der Waals surface area contributed by atoms with E-state index in [1.165, 1.54) is 4.31 Å². The molecule has 0 aliphatic carbocycles. The van der Waals surface area contributed by atoms with Crippen LogP contribution in [0.4, 0.5) is 5.69 Å². The number of hydrogen-bond donors (Lipinski definition) is 0. The molecule has 6 heteroatoms. The van der Waals surface area contributed by atoms with E-state index in [1.807, 2.05) is 86.6 Å². The zero-order valence-corrected chi connectivity index (χ0v) is 21.4. The summed E-state index contributed by atoms with van der Waals surface area (Å²) in [5.41, 5.74) is 4.27. The predicted molar refractivity (Wildman–Crippen MR) is 144 cm³/mol. The quantitative estimate of drug-likeness (QED) is 0.296. The fraction of sp³-hybridized carbons (Fsp3) is 0.167. The second-order valence-corrected chi connectivity index (χ2v) is 10.7. The molecule has 0 atom stereocenters. The molecule has 0 aliphatic rings. The highest BCUT2D eigenvalue weighted by atomic mass is 32.2. The number of carbonyl (C=O) groups excluding carboxylic acids is 1. The average molecular weight is 499 g/mol. The number of benzene rings is 4. The van der Waals surface area contributed by atoms with Gasteiger partial charge in [0.1, 0.15) is 6.54 Å². The van der Waals surface area contributed by atoms with Gasteiger partial charge in [-0.25, -0.2) is 8.42 Å². The van der Waals surface area contributed by atoms with Crippen molar-refractivity contribution in [2.75, 3.05) is 10.8 Å². The first-order valence-corrected chi connectivity index (χ1v) is 13.3. The zero-order valence-electron chi connectivity index (χ0n) is 20.5. The Bertz CT molecular complexity index is 1370. The van der Waals surface area contributed by atoms with Gasteiger partial charge in [0.05, 0.1) is 10.6 Å². The van der Waals surface area contributed by atoms with E-state index in [1.54, 1.807) is 41.3 Å². The van der Waals surface area contributed by atoms with Crippen molar-refractivity contribution in [3.05, 3.63) is 131 Å². The molecule has 5 nitrogen and oxygen atoms in total. The minimum absolute atomic E-state index is 0.149. The summed E-state index contributed by atoms with van der Waals surface area (Å²) >= 11 is 0. The topological polar surface area (TPSA) is 57.7 Å². The summed E-state index contributed by atoms with van der Waals surface area (Å²) in [6, 6.07) is 33.3. The molecule has 36 heavy (non-hydrogen) atoms. The van der Waals surface area contributed by atoms with Gasteiger partial charge in [0.25, 0.3) is 10.0 Å². The fourth-order valence-electron chi connectivity index (χ4n) is 4.17. The third-order valence-corrected chi connectivity index (χ3v) is 7.79. The molecule has 0 aromatic heterocycles. The largest absolute Gasteiger partial charge is 0.332 e. The van der Waals surface area contributed by atoms with Gasteiger partial charge >= 0.3 is 0 Å². The normalized spacial score (nSPS) is 11.2. The van der Waals surface area contributed by atoms with Crippen molar-refractivity contribution in [3.8, 4) is 0 Å². The van der Waals surface area contributed by atoms with Crippen molar-refractivity contribution in [2.24, 2.45) is 0 Å². The number of nitrogens with zero attached hydrogens (tertiary/aromatic N) is 2. The highest BCUT2D eigenvalue weighted by molar-refractivity contribution is 7.92. The monoisotopic (exact) mass is 498 g/mol. The van der Waals surface area contributed by atoms with Crippen LogP contribution in [0.1, 0.15) is 22.3 Å². The molecule has 4 aromatic carbocycles. The Morgan fingerprint density at radius 1 is 0.694 bits per heavy atom. The zero-order chi connectivity index (χ0) is 25.5. The molecule has 0 saturated heterocycles. The molecule has 0 bridgehead atoms. The first kappa shape index (κ1) is 25.2. The van der Waals surface area contributed by atoms with Crippen LogP contribution in [0.15, 0.2) is 114 Å². The molecular formula is C30H30N2O3S. The van der Waals surface area contributed by atoms with Crippen LogP contribution in [0.3, 0.4) is 0 Å². The third kappa shape index (κ3) is 6.01. The maximum Gasteiger partial charge on any atom is 0.264 e. The highest BCUT2D eigenvalue weighted by Crippen LogP contribution is 2.28. The Hall–Kier alpha value is -3.90. The van der Waals surface area contributed by atoms with Crippen molar-refractivity contribution < 1.29 is 13.2 Å². The van der Waals surface area contributed by atoms with E-state index >= 15 is 0 Å². The van der Waals surface area contributed by atoms with E-state index < -0.39 is 10.0 Å². The molecule has 1 amide bonds. The molecule has 0 saturated carbocycles.